The fourth-order valence-electron chi connectivity index (χ4n) is 3.87. The molecule has 3 aromatic carbocycles. The Morgan fingerprint density at radius 2 is 1.79 bits per heavy atom. The molecule has 1 aromatic heterocycles. The maximum atomic E-state index is 13.6. The third kappa shape index (κ3) is 4.84. The molecule has 5 nitrogen and oxygen atoms in total. The average molecular weight is 454 g/mol. The molecule has 170 valence electrons. The summed E-state index contributed by atoms with van der Waals surface area (Å²) in [6, 6.07) is 25.6. The van der Waals surface area contributed by atoms with Crippen LogP contribution in [0.25, 0.3) is 16.9 Å². The monoisotopic (exact) mass is 453 g/mol. The lowest BCUT2D eigenvalue weighted by Gasteiger charge is -2.13. The van der Waals surface area contributed by atoms with Gasteiger partial charge in [0.2, 0.25) is 0 Å². The molecule has 0 aliphatic rings. The first kappa shape index (κ1) is 22.8. The first-order chi connectivity index (χ1) is 16.5. The molecular formula is C28H24FN3O2. The Bertz CT molecular complexity index is 1380. The number of rotatable bonds is 7. The van der Waals surface area contributed by atoms with Crippen LogP contribution in [0.4, 0.5) is 4.39 Å². The van der Waals surface area contributed by atoms with Crippen molar-refractivity contribution < 1.29 is 14.0 Å². The van der Waals surface area contributed by atoms with Crippen molar-refractivity contribution in [3.05, 3.63) is 107 Å². The maximum absolute atomic E-state index is 13.6. The molecule has 4 rings (SSSR count). The van der Waals surface area contributed by atoms with Crippen molar-refractivity contribution in [1.29, 1.82) is 5.26 Å². The van der Waals surface area contributed by atoms with Crippen molar-refractivity contribution in [3.63, 3.8) is 0 Å². The van der Waals surface area contributed by atoms with Crippen LogP contribution in [0.3, 0.4) is 0 Å². The van der Waals surface area contributed by atoms with Crippen LogP contribution in [0.2, 0.25) is 0 Å². The van der Waals surface area contributed by atoms with E-state index < -0.39 is 0 Å². The Balaban J connectivity index is 1.71. The summed E-state index contributed by atoms with van der Waals surface area (Å²) in [5.41, 5.74) is 6.73. The van der Waals surface area contributed by atoms with Crippen molar-refractivity contribution in [1.82, 2.24) is 4.57 Å². The lowest BCUT2D eigenvalue weighted by molar-refractivity contribution is 0.130. The predicted octanol–water partition coefficient (Wildman–Crippen LogP) is 6.41. The van der Waals surface area contributed by atoms with E-state index >= 15 is 0 Å². The Hall–Kier alpha value is -4.37. The standard InChI is InChI=1S/C28H24FN3O2/c1-19(31-34-18-22-7-4-6-21(14-22)17-30)27-16-28(23-10-12-24(29)13-11-23)32(20(27)2)25-8-5-9-26(15-25)33-3/h4-16H,18H2,1-3H3. The van der Waals surface area contributed by atoms with Crippen LogP contribution in [-0.4, -0.2) is 17.4 Å². The summed E-state index contributed by atoms with van der Waals surface area (Å²) in [4.78, 5) is 5.60. The number of benzene rings is 3. The van der Waals surface area contributed by atoms with Gasteiger partial charge in [-0.25, -0.2) is 4.39 Å². The van der Waals surface area contributed by atoms with Crippen LogP contribution in [-0.2, 0) is 11.4 Å². The number of nitrogens with zero attached hydrogens (tertiary/aromatic N) is 3. The summed E-state index contributed by atoms with van der Waals surface area (Å²) in [6.07, 6.45) is 0. The fraction of sp³-hybridized carbons (Fsp3) is 0.143. The zero-order chi connectivity index (χ0) is 24.1. The molecule has 0 atom stereocenters. The van der Waals surface area contributed by atoms with Crippen molar-refractivity contribution in [3.8, 4) is 28.8 Å². The number of hydrogen-bond acceptors (Lipinski definition) is 4. The minimum Gasteiger partial charge on any atom is -0.497 e. The number of nitriles is 1. The molecule has 6 heteroatoms. The Labute approximate surface area is 198 Å². The second kappa shape index (κ2) is 10.1. The first-order valence-corrected chi connectivity index (χ1v) is 10.8. The highest BCUT2D eigenvalue weighted by Gasteiger charge is 2.17. The number of oxime groups is 1. The van der Waals surface area contributed by atoms with Gasteiger partial charge in [-0.05, 0) is 79.6 Å². The average Bonchev–Trinajstić information content (AvgIpc) is 3.21. The smallest absolute Gasteiger partial charge is 0.142 e. The van der Waals surface area contributed by atoms with Gasteiger partial charge in [0.25, 0.3) is 0 Å². The third-order valence-corrected chi connectivity index (χ3v) is 5.58. The molecule has 0 radical (unpaired) electrons. The second-order valence-corrected chi connectivity index (χ2v) is 7.83. The lowest BCUT2D eigenvalue weighted by atomic mass is 10.1. The molecule has 0 saturated carbocycles. The highest BCUT2D eigenvalue weighted by Crippen LogP contribution is 2.31. The van der Waals surface area contributed by atoms with E-state index in [4.69, 9.17) is 14.8 Å². The summed E-state index contributed by atoms with van der Waals surface area (Å²) in [5.74, 6) is 0.456. The number of aromatic nitrogens is 1. The highest BCUT2D eigenvalue weighted by atomic mass is 19.1. The number of halogens is 1. The van der Waals surface area contributed by atoms with Crippen LogP contribution in [0.5, 0.6) is 5.75 Å². The lowest BCUT2D eigenvalue weighted by Crippen LogP contribution is -2.03. The molecule has 34 heavy (non-hydrogen) atoms. The van der Waals surface area contributed by atoms with Crippen LogP contribution < -0.4 is 4.74 Å². The van der Waals surface area contributed by atoms with E-state index in [0.29, 0.717) is 11.3 Å². The molecule has 0 fully saturated rings. The molecule has 0 amide bonds. The molecule has 0 bridgehead atoms. The van der Waals surface area contributed by atoms with Gasteiger partial charge in [0.15, 0.2) is 0 Å². The van der Waals surface area contributed by atoms with Crippen molar-refractivity contribution >= 4 is 5.71 Å². The second-order valence-electron chi connectivity index (χ2n) is 7.83. The van der Waals surface area contributed by atoms with Gasteiger partial charge < -0.3 is 14.1 Å². The maximum Gasteiger partial charge on any atom is 0.142 e. The van der Waals surface area contributed by atoms with Crippen LogP contribution in [0, 0.1) is 24.1 Å². The summed E-state index contributed by atoms with van der Waals surface area (Å²) in [5, 5.41) is 13.4. The summed E-state index contributed by atoms with van der Waals surface area (Å²) in [7, 11) is 1.63. The molecule has 4 aromatic rings. The summed E-state index contributed by atoms with van der Waals surface area (Å²) in [6.45, 7) is 4.16. The zero-order valence-electron chi connectivity index (χ0n) is 19.2. The normalized spacial score (nSPS) is 11.2. The van der Waals surface area contributed by atoms with Crippen LogP contribution >= 0.6 is 0 Å². The van der Waals surface area contributed by atoms with Gasteiger partial charge in [0.05, 0.1) is 30.1 Å². The highest BCUT2D eigenvalue weighted by molar-refractivity contribution is 6.01. The number of ether oxygens (including phenoxy) is 1. The van der Waals surface area contributed by atoms with E-state index in [-0.39, 0.29) is 12.4 Å². The predicted molar refractivity (Wildman–Crippen MR) is 131 cm³/mol. The quantitative estimate of drug-likeness (QED) is 0.240. The Morgan fingerprint density at radius 3 is 2.53 bits per heavy atom. The van der Waals surface area contributed by atoms with Gasteiger partial charge in [-0.15, -0.1) is 0 Å². The molecule has 1 heterocycles. The molecule has 0 spiro atoms. The van der Waals surface area contributed by atoms with Gasteiger partial charge in [0, 0.05) is 23.0 Å². The van der Waals surface area contributed by atoms with E-state index in [1.54, 1.807) is 31.4 Å². The topological polar surface area (TPSA) is 59.5 Å². The van der Waals surface area contributed by atoms with Crippen molar-refractivity contribution in [2.75, 3.05) is 7.11 Å². The largest absolute Gasteiger partial charge is 0.497 e. The molecule has 0 unspecified atom stereocenters. The Kier molecular flexibility index (Phi) is 6.74. The van der Waals surface area contributed by atoms with Crippen molar-refractivity contribution in [2.45, 2.75) is 20.5 Å². The SMILES string of the molecule is COc1cccc(-n2c(-c3ccc(F)cc3)cc(C(C)=NOCc3cccc(C#N)c3)c2C)c1. The molecule has 0 aliphatic carbocycles. The molecule has 0 saturated heterocycles. The zero-order valence-corrected chi connectivity index (χ0v) is 19.2. The summed E-state index contributed by atoms with van der Waals surface area (Å²) < 4.78 is 21.1. The van der Waals surface area contributed by atoms with Gasteiger partial charge in [0.1, 0.15) is 18.2 Å². The number of methoxy groups -OCH3 is 1. The van der Waals surface area contributed by atoms with Gasteiger partial charge in [-0.2, -0.15) is 5.26 Å². The van der Waals surface area contributed by atoms with E-state index in [2.05, 4.69) is 15.8 Å². The van der Waals surface area contributed by atoms with Gasteiger partial charge >= 0.3 is 0 Å². The fourth-order valence-corrected chi connectivity index (χ4v) is 3.87. The van der Waals surface area contributed by atoms with E-state index in [1.165, 1.54) is 12.1 Å². The molecule has 0 N–H and O–H groups in total. The van der Waals surface area contributed by atoms with Crippen molar-refractivity contribution in [2.24, 2.45) is 5.16 Å². The molecular weight excluding hydrogens is 429 g/mol. The van der Waals surface area contributed by atoms with E-state index in [9.17, 15) is 4.39 Å². The minimum atomic E-state index is -0.285. The molecule has 0 aliphatic heterocycles. The van der Waals surface area contributed by atoms with Gasteiger partial charge in [-0.3, -0.25) is 0 Å². The van der Waals surface area contributed by atoms with Crippen LogP contribution in [0.1, 0.15) is 29.3 Å². The minimum absolute atomic E-state index is 0.257. The van der Waals surface area contributed by atoms with E-state index in [1.807, 2.05) is 56.3 Å². The summed E-state index contributed by atoms with van der Waals surface area (Å²) >= 11 is 0. The third-order valence-electron chi connectivity index (χ3n) is 5.58. The van der Waals surface area contributed by atoms with Gasteiger partial charge in [-0.1, -0.05) is 23.4 Å². The number of hydrogen-bond donors (Lipinski definition) is 0. The first-order valence-electron chi connectivity index (χ1n) is 10.8. The van der Waals surface area contributed by atoms with E-state index in [0.717, 1.165) is 39.5 Å². The Morgan fingerprint density at radius 1 is 1.03 bits per heavy atom. The van der Waals surface area contributed by atoms with Crippen LogP contribution in [0.15, 0.2) is 84.0 Å².